The van der Waals surface area contributed by atoms with Crippen molar-refractivity contribution in [1.29, 1.82) is 0 Å². The minimum absolute atomic E-state index is 0.101. The molecule has 0 aliphatic rings. The molecule has 0 saturated heterocycles. The van der Waals surface area contributed by atoms with E-state index < -0.39 is 5.60 Å². The Morgan fingerprint density at radius 2 is 1.56 bits per heavy atom. The van der Waals surface area contributed by atoms with Crippen LogP contribution in [0.4, 0.5) is 0 Å². The molecule has 0 spiro atoms. The van der Waals surface area contributed by atoms with Gasteiger partial charge in [-0.3, -0.25) is 9.59 Å². The van der Waals surface area contributed by atoms with Crippen LogP contribution in [0.15, 0.2) is 54.3 Å². The summed E-state index contributed by atoms with van der Waals surface area (Å²) >= 11 is 0. The number of ether oxygens (including phenoxy) is 1. The molecule has 0 bridgehead atoms. The molecule has 0 N–H and O–H groups in total. The number of hydrogen-bond acceptors (Lipinski definition) is 3. The van der Waals surface area contributed by atoms with Crippen molar-refractivity contribution in [2.45, 2.75) is 33.3 Å². The number of amides is 1. The number of carbonyl (C=O) groups is 2. The van der Waals surface area contributed by atoms with E-state index in [1.54, 1.807) is 44.4 Å². The van der Waals surface area contributed by atoms with Gasteiger partial charge in [0.05, 0.1) is 0 Å². The molecule has 2 aromatic carbocycles. The van der Waals surface area contributed by atoms with Crippen molar-refractivity contribution in [2.24, 2.45) is 0 Å². The van der Waals surface area contributed by atoms with Gasteiger partial charge < -0.3 is 9.64 Å². The molecule has 4 nitrogen and oxygen atoms in total. The fourth-order valence-corrected chi connectivity index (χ4v) is 2.55. The normalized spacial score (nSPS) is 11.9. The lowest BCUT2D eigenvalue weighted by molar-refractivity contribution is 0.0449. The number of aryl methyl sites for hydroxylation is 1. The van der Waals surface area contributed by atoms with Gasteiger partial charge in [-0.1, -0.05) is 42.0 Å². The molecule has 0 aromatic heterocycles. The topological polar surface area (TPSA) is 46.6 Å². The highest BCUT2D eigenvalue weighted by Gasteiger charge is 2.21. The quantitative estimate of drug-likeness (QED) is 0.437. The van der Waals surface area contributed by atoms with E-state index >= 15 is 0 Å². The number of hydrogen-bond donors (Lipinski definition) is 0. The third kappa shape index (κ3) is 5.81. The SMILES string of the molecule is Cc1cccc(C=C(OC(C)(C)C)C(=O)c2ccc(C(=O)N(C)C)cc2)c1. The zero-order valence-corrected chi connectivity index (χ0v) is 16.9. The van der Waals surface area contributed by atoms with Crippen molar-refractivity contribution in [2.75, 3.05) is 14.1 Å². The number of ketones is 1. The van der Waals surface area contributed by atoms with Gasteiger partial charge in [0, 0.05) is 25.2 Å². The Kier molecular flexibility index (Phi) is 6.21. The standard InChI is InChI=1S/C23H27NO3/c1-16-8-7-9-17(14-16)15-20(27-23(2,3)4)21(25)18-10-12-19(13-11-18)22(26)24(5)6/h7-15H,1-6H3. The highest BCUT2D eigenvalue weighted by molar-refractivity contribution is 6.10. The van der Waals surface area contributed by atoms with Crippen molar-refractivity contribution < 1.29 is 14.3 Å². The van der Waals surface area contributed by atoms with Crippen molar-refractivity contribution in [3.05, 3.63) is 76.5 Å². The van der Waals surface area contributed by atoms with Gasteiger partial charge in [-0.25, -0.2) is 0 Å². The van der Waals surface area contributed by atoms with Crippen LogP contribution in [0.3, 0.4) is 0 Å². The summed E-state index contributed by atoms with van der Waals surface area (Å²) in [4.78, 5) is 26.6. The highest BCUT2D eigenvalue weighted by Crippen LogP contribution is 2.21. The first-order chi connectivity index (χ1) is 12.6. The maximum Gasteiger partial charge on any atom is 0.253 e. The monoisotopic (exact) mass is 365 g/mol. The van der Waals surface area contributed by atoms with Crippen LogP contribution >= 0.6 is 0 Å². The number of rotatable bonds is 5. The zero-order chi connectivity index (χ0) is 20.2. The van der Waals surface area contributed by atoms with Gasteiger partial charge in [0.15, 0.2) is 5.76 Å². The van der Waals surface area contributed by atoms with E-state index in [9.17, 15) is 9.59 Å². The summed E-state index contributed by atoms with van der Waals surface area (Å²) in [5.41, 5.74) is 2.53. The lowest BCUT2D eigenvalue weighted by Gasteiger charge is -2.23. The third-order valence-electron chi connectivity index (χ3n) is 3.78. The zero-order valence-electron chi connectivity index (χ0n) is 16.9. The minimum Gasteiger partial charge on any atom is -0.484 e. The maximum absolute atomic E-state index is 13.0. The number of nitrogens with zero attached hydrogens (tertiary/aromatic N) is 1. The molecule has 0 heterocycles. The Bertz CT molecular complexity index is 856. The van der Waals surface area contributed by atoms with Gasteiger partial charge in [0.25, 0.3) is 5.91 Å². The molecule has 0 unspecified atom stereocenters. The first-order valence-corrected chi connectivity index (χ1v) is 8.90. The highest BCUT2D eigenvalue weighted by atomic mass is 16.5. The van der Waals surface area contributed by atoms with Crippen LogP contribution in [0.1, 0.15) is 52.6 Å². The van der Waals surface area contributed by atoms with E-state index in [-0.39, 0.29) is 17.4 Å². The van der Waals surface area contributed by atoms with Gasteiger partial charge in [0.1, 0.15) is 5.60 Å². The molecular weight excluding hydrogens is 338 g/mol. The van der Waals surface area contributed by atoms with Crippen molar-refractivity contribution in [3.8, 4) is 0 Å². The van der Waals surface area contributed by atoms with Gasteiger partial charge in [-0.05, 0) is 51.5 Å². The van der Waals surface area contributed by atoms with Crippen molar-refractivity contribution in [3.63, 3.8) is 0 Å². The lowest BCUT2D eigenvalue weighted by Crippen LogP contribution is -2.23. The summed E-state index contributed by atoms with van der Waals surface area (Å²) in [5.74, 6) is -0.0365. The van der Waals surface area contributed by atoms with Gasteiger partial charge in [-0.2, -0.15) is 0 Å². The summed E-state index contributed by atoms with van der Waals surface area (Å²) in [7, 11) is 3.39. The van der Waals surface area contributed by atoms with Crippen LogP contribution in [0.25, 0.3) is 6.08 Å². The molecule has 2 aromatic rings. The summed E-state index contributed by atoms with van der Waals surface area (Å²) in [5, 5.41) is 0. The van der Waals surface area contributed by atoms with Crippen LogP contribution < -0.4 is 0 Å². The van der Waals surface area contributed by atoms with Gasteiger partial charge in [-0.15, -0.1) is 0 Å². The van der Waals surface area contributed by atoms with Crippen molar-refractivity contribution >= 4 is 17.8 Å². The molecule has 0 saturated carbocycles. The fourth-order valence-electron chi connectivity index (χ4n) is 2.55. The largest absolute Gasteiger partial charge is 0.484 e. The average Bonchev–Trinajstić information content (AvgIpc) is 2.59. The number of carbonyl (C=O) groups excluding carboxylic acids is 2. The van der Waals surface area contributed by atoms with E-state index in [2.05, 4.69) is 0 Å². The molecule has 142 valence electrons. The Morgan fingerprint density at radius 3 is 2.07 bits per heavy atom. The first-order valence-electron chi connectivity index (χ1n) is 8.90. The summed E-state index contributed by atoms with van der Waals surface area (Å²) in [6.45, 7) is 7.72. The Labute approximate surface area is 161 Å². The number of Topliss-reactive ketones (excluding diaryl/α,β-unsaturated/α-hetero) is 1. The van der Waals surface area contributed by atoms with E-state index in [1.807, 2.05) is 52.0 Å². The number of benzene rings is 2. The summed E-state index contributed by atoms with van der Waals surface area (Å²) in [6, 6.07) is 14.5. The Balaban J connectivity index is 2.38. The second kappa shape index (κ2) is 8.21. The second-order valence-electron chi connectivity index (χ2n) is 7.74. The smallest absolute Gasteiger partial charge is 0.253 e. The molecule has 27 heavy (non-hydrogen) atoms. The van der Waals surface area contributed by atoms with Crippen LogP contribution in [0.2, 0.25) is 0 Å². The Morgan fingerprint density at radius 1 is 0.963 bits per heavy atom. The average molecular weight is 365 g/mol. The molecule has 4 heteroatoms. The lowest BCUT2D eigenvalue weighted by atomic mass is 10.0. The predicted molar refractivity (Wildman–Crippen MR) is 109 cm³/mol. The fraction of sp³-hybridized carbons (Fsp3) is 0.304. The van der Waals surface area contributed by atoms with Crippen molar-refractivity contribution in [1.82, 2.24) is 4.90 Å². The third-order valence-corrected chi connectivity index (χ3v) is 3.78. The molecule has 0 atom stereocenters. The molecule has 1 amide bonds. The molecular formula is C23H27NO3. The van der Waals surface area contributed by atoms with Crippen LogP contribution in [0.5, 0.6) is 0 Å². The second-order valence-corrected chi connectivity index (χ2v) is 7.74. The summed E-state index contributed by atoms with van der Waals surface area (Å²) < 4.78 is 5.95. The minimum atomic E-state index is -0.508. The van der Waals surface area contributed by atoms with E-state index in [0.717, 1.165) is 11.1 Å². The van der Waals surface area contributed by atoms with Crippen LogP contribution in [0, 0.1) is 6.92 Å². The van der Waals surface area contributed by atoms with Crippen LogP contribution in [-0.4, -0.2) is 36.3 Å². The predicted octanol–water partition coefficient (Wildman–Crippen LogP) is 4.74. The van der Waals surface area contributed by atoms with E-state index in [0.29, 0.717) is 11.1 Å². The molecule has 0 aliphatic carbocycles. The van der Waals surface area contributed by atoms with Gasteiger partial charge in [0.2, 0.25) is 5.78 Å². The van der Waals surface area contributed by atoms with E-state index in [4.69, 9.17) is 4.74 Å². The number of allylic oxidation sites excluding steroid dienone is 1. The van der Waals surface area contributed by atoms with Crippen LogP contribution in [-0.2, 0) is 4.74 Å². The molecule has 0 fully saturated rings. The first kappa shape index (κ1) is 20.4. The molecule has 2 rings (SSSR count). The molecule has 0 aliphatic heterocycles. The Hall–Kier alpha value is -2.88. The van der Waals surface area contributed by atoms with E-state index in [1.165, 1.54) is 4.90 Å². The summed E-state index contributed by atoms with van der Waals surface area (Å²) in [6.07, 6.45) is 1.76. The maximum atomic E-state index is 13.0. The molecule has 0 radical (unpaired) electrons. The van der Waals surface area contributed by atoms with Gasteiger partial charge >= 0.3 is 0 Å².